The van der Waals surface area contributed by atoms with Crippen LogP contribution in [0.4, 0.5) is 5.88 Å². The number of nitrogens with one attached hydrogen (secondary N) is 1. The van der Waals surface area contributed by atoms with Crippen LogP contribution in [-0.2, 0) is 13.5 Å². The average Bonchev–Trinajstić information content (AvgIpc) is 3.07. The van der Waals surface area contributed by atoms with Crippen LogP contribution in [0.25, 0.3) is 0 Å². The molecule has 0 unspecified atom stereocenters. The van der Waals surface area contributed by atoms with E-state index in [4.69, 9.17) is 4.42 Å². The van der Waals surface area contributed by atoms with E-state index in [1.165, 1.54) is 12.1 Å². The molecule has 8 heteroatoms. The van der Waals surface area contributed by atoms with Gasteiger partial charge in [-0.1, -0.05) is 0 Å². The minimum atomic E-state index is -0.670. The van der Waals surface area contributed by atoms with E-state index in [2.05, 4.69) is 10.4 Å². The summed E-state index contributed by atoms with van der Waals surface area (Å²) in [6.07, 6.45) is 4.46. The maximum atomic E-state index is 12.1. The number of carbonyl (C=O) groups is 1. The first-order chi connectivity index (χ1) is 10.1. The van der Waals surface area contributed by atoms with Crippen molar-refractivity contribution in [3.05, 3.63) is 45.5 Å². The third kappa shape index (κ3) is 2.39. The van der Waals surface area contributed by atoms with E-state index < -0.39 is 16.7 Å². The van der Waals surface area contributed by atoms with Crippen LogP contribution < -0.4 is 5.32 Å². The molecule has 0 saturated heterocycles. The summed E-state index contributed by atoms with van der Waals surface area (Å²) in [5.41, 5.74) is 2.11. The molecule has 0 aliphatic heterocycles. The van der Waals surface area contributed by atoms with Crippen molar-refractivity contribution in [3.63, 3.8) is 0 Å². The van der Waals surface area contributed by atoms with E-state index in [0.717, 1.165) is 30.5 Å². The van der Waals surface area contributed by atoms with Gasteiger partial charge in [0.05, 0.1) is 18.3 Å². The number of aromatic nitrogens is 2. The lowest BCUT2D eigenvalue weighted by Gasteiger charge is -2.23. The van der Waals surface area contributed by atoms with Crippen LogP contribution in [0, 0.1) is 10.1 Å². The third-order valence-corrected chi connectivity index (χ3v) is 3.68. The Kier molecular flexibility index (Phi) is 3.20. The quantitative estimate of drug-likeness (QED) is 0.684. The van der Waals surface area contributed by atoms with Crippen molar-refractivity contribution in [1.29, 1.82) is 0 Å². The normalized spacial score (nSPS) is 17.3. The highest BCUT2D eigenvalue weighted by Gasteiger charge is 2.26. The van der Waals surface area contributed by atoms with Crippen molar-refractivity contribution in [2.24, 2.45) is 7.05 Å². The summed E-state index contributed by atoms with van der Waals surface area (Å²) in [7, 11) is 1.87. The molecule has 110 valence electrons. The predicted molar refractivity (Wildman–Crippen MR) is 71.7 cm³/mol. The van der Waals surface area contributed by atoms with Crippen molar-refractivity contribution in [1.82, 2.24) is 15.1 Å². The number of nitrogens with zero attached hydrogens (tertiary/aromatic N) is 3. The van der Waals surface area contributed by atoms with Gasteiger partial charge >= 0.3 is 5.88 Å². The Labute approximate surface area is 119 Å². The minimum absolute atomic E-state index is 0.0577. The van der Waals surface area contributed by atoms with Gasteiger partial charge in [-0.3, -0.25) is 19.6 Å². The van der Waals surface area contributed by atoms with Crippen LogP contribution in [0.15, 0.2) is 22.7 Å². The van der Waals surface area contributed by atoms with Crippen molar-refractivity contribution in [2.75, 3.05) is 0 Å². The van der Waals surface area contributed by atoms with E-state index in [1.54, 1.807) is 6.20 Å². The molecule has 1 aliphatic carbocycles. The standard InChI is InChI=1S/C13H14N4O4/c1-16-10-4-2-3-9(8(10)7-14-16)15-13(18)11-5-6-12(21-11)17(19)20/h5-7,9H,2-4H2,1H3,(H,15,18)/t9-/m1/s1. The van der Waals surface area contributed by atoms with Gasteiger partial charge in [0.25, 0.3) is 5.91 Å². The van der Waals surface area contributed by atoms with Gasteiger partial charge in [-0.25, -0.2) is 0 Å². The van der Waals surface area contributed by atoms with Gasteiger partial charge in [0.2, 0.25) is 0 Å². The molecule has 3 rings (SSSR count). The third-order valence-electron chi connectivity index (χ3n) is 3.68. The molecule has 0 radical (unpaired) electrons. The van der Waals surface area contributed by atoms with Crippen molar-refractivity contribution < 1.29 is 14.1 Å². The number of nitro groups is 1. The number of amides is 1. The molecule has 0 saturated carbocycles. The molecule has 2 aromatic heterocycles. The summed E-state index contributed by atoms with van der Waals surface area (Å²) in [5.74, 6) is -0.951. The van der Waals surface area contributed by atoms with Crippen molar-refractivity contribution in [3.8, 4) is 0 Å². The van der Waals surface area contributed by atoms with E-state index in [0.29, 0.717) is 0 Å². The highest BCUT2D eigenvalue weighted by molar-refractivity contribution is 5.92. The zero-order chi connectivity index (χ0) is 15.0. The Bertz CT molecular complexity index is 703. The Morgan fingerprint density at radius 2 is 2.38 bits per heavy atom. The Balaban J connectivity index is 1.77. The molecule has 1 aliphatic rings. The molecule has 21 heavy (non-hydrogen) atoms. The molecule has 1 atom stereocenters. The fourth-order valence-electron chi connectivity index (χ4n) is 2.63. The van der Waals surface area contributed by atoms with Crippen LogP contribution >= 0.6 is 0 Å². The SMILES string of the molecule is Cn1ncc2c1CCC[C@H]2NC(=O)c1ccc([N+](=O)[O-])o1. The maximum Gasteiger partial charge on any atom is 0.433 e. The molecule has 2 aromatic rings. The molecule has 1 N–H and O–H groups in total. The zero-order valence-corrected chi connectivity index (χ0v) is 11.4. The Morgan fingerprint density at radius 3 is 3.10 bits per heavy atom. The number of hydrogen-bond acceptors (Lipinski definition) is 5. The predicted octanol–water partition coefficient (Wildman–Crippen LogP) is 1.73. The molecule has 0 fully saturated rings. The van der Waals surface area contributed by atoms with Crippen LogP contribution in [-0.4, -0.2) is 20.6 Å². The summed E-state index contributed by atoms with van der Waals surface area (Å²) in [5, 5.41) is 17.6. The molecular formula is C13H14N4O4. The van der Waals surface area contributed by atoms with Gasteiger partial charge in [0.15, 0.2) is 5.76 Å². The maximum absolute atomic E-state index is 12.1. The number of furan rings is 1. The topological polar surface area (TPSA) is 103 Å². The molecule has 0 spiro atoms. The van der Waals surface area contributed by atoms with Crippen LogP contribution in [0.5, 0.6) is 0 Å². The lowest BCUT2D eigenvalue weighted by Crippen LogP contribution is -2.30. The van der Waals surface area contributed by atoms with Crippen LogP contribution in [0.1, 0.15) is 40.7 Å². The first-order valence-electron chi connectivity index (χ1n) is 6.62. The Hall–Kier alpha value is -2.64. The van der Waals surface area contributed by atoms with Crippen LogP contribution in [0.3, 0.4) is 0 Å². The van der Waals surface area contributed by atoms with Gasteiger partial charge < -0.3 is 9.73 Å². The number of hydrogen-bond donors (Lipinski definition) is 1. The summed E-state index contributed by atoms with van der Waals surface area (Å²) >= 11 is 0. The summed E-state index contributed by atoms with van der Waals surface area (Å²) in [6.45, 7) is 0. The molecule has 1 amide bonds. The van der Waals surface area contributed by atoms with E-state index >= 15 is 0 Å². The number of fused-ring (bicyclic) bond motifs is 1. The van der Waals surface area contributed by atoms with E-state index in [-0.39, 0.29) is 11.8 Å². The second kappa shape index (κ2) is 5.04. The highest BCUT2D eigenvalue weighted by atomic mass is 16.6. The van der Waals surface area contributed by atoms with Gasteiger partial charge in [0, 0.05) is 18.3 Å². The van der Waals surface area contributed by atoms with Gasteiger partial charge in [-0.05, 0) is 25.3 Å². The summed E-state index contributed by atoms with van der Waals surface area (Å²) < 4.78 is 6.72. The molecular weight excluding hydrogens is 276 g/mol. The first-order valence-corrected chi connectivity index (χ1v) is 6.62. The van der Waals surface area contributed by atoms with Gasteiger partial charge in [-0.15, -0.1) is 0 Å². The minimum Gasteiger partial charge on any atom is -0.395 e. The average molecular weight is 290 g/mol. The number of carbonyl (C=O) groups excluding carboxylic acids is 1. The molecule has 0 bridgehead atoms. The summed E-state index contributed by atoms with van der Waals surface area (Å²) in [6, 6.07) is 2.34. The number of rotatable bonds is 3. The fourth-order valence-corrected chi connectivity index (χ4v) is 2.63. The fraction of sp³-hybridized carbons (Fsp3) is 0.385. The highest BCUT2D eigenvalue weighted by Crippen LogP contribution is 2.29. The molecule has 2 heterocycles. The first kappa shape index (κ1) is 13.3. The monoisotopic (exact) mass is 290 g/mol. The lowest BCUT2D eigenvalue weighted by atomic mass is 9.93. The molecule has 0 aromatic carbocycles. The van der Waals surface area contributed by atoms with Gasteiger partial charge in [0.1, 0.15) is 4.92 Å². The second-order valence-electron chi connectivity index (χ2n) is 4.98. The van der Waals surface area contributed by atoms with E-state index in [1.807, 2.05) is 11.7 Å². The second-order valence-corrected chi connectivity index (χ2v) is 4.98. The largest absolute Gasteiger partial charge is 0.433 e. The van der Waals surface area contributed by atoms with Crippen molar-refractivity contribution >= 4 is 11.8 Å². The van der Waals surface area contributed by atoms with E-state index in [9.17, 15) is 14.9 Å². The number of aryl methyl sites for hydroxylation is 1. The Morgan fingerprint density at radius 1 is 1.57 bits per heavy atom. The van der Waals surface area contributed by atoms with Crippen molar-refractivity contribution in [2.45, 2.75) is 25.3 Å². The zero-order valence-electron chi connectivity index (χ0n) is 11.4. The summed E-state index contributed by atoms with van der Waals surface area (Å²) in [4.78, 5) is 22.0. The van der Waals surface area contributed by atoms with Crippen LogP contribution in [0.2, 0.25) is 0 Å². The van der Waals surface area contributed by atoms with Gasteiger partial charge in [-0.2, -0.15) is 5.10 Å². The lowest BCUT2D eigenvalue weighted by molar-refractivity contribution is -0.402. The molecule has 8 nitrogen and oxygen atoms in total. The smallest absolute Gasteiger partial charge is 0.395 e.